The second-order valence-corrected chi connectivity index (χ2v) is 2.40. The Hall–Kier alpha value is -0.840. The van der Waals surface area contributed by atoms with Crippen LogP contribution in [0.4, 0.5) is 0 Å². The summed E-state index contributed by atoms with van der Waals surface area (Å²) in [5.74, 6) is -0.0827. The first kappa shape index (κ1) is 6.28. The van der Waals surface area contributed by atoms with Crippen LogP contribution in [0.5, 0.6) is 0 Å². The monoisotopic (exact) mass is 188 g/mol. The molecule has 0 saturated heterocycles. The highest BCUT2D eigenvalue weighted by molar-refractivity contribution is 9.10. The zero-order valence-electron chi connectivity index (χ0n) is 4.50. The molecule has 0 aromatic carbocycles. The van der Waals surface area contributed by atoms with Gasteiger partial charge >= 0.3 is 0 Å². The fourth-order valence-corrected chi connectivity index (χ4v) is 0.718. The van der Waals surface area contributed by atoms with Crippen molar-refractivity contribution < 1.29 is 0 Å². The van der Waals surface area contributed by atoms with Crippen molar-refractivity contribution in [2.45, 2.75) is 0 Å². The summed E-state index contributed by atoms with van der Waals surface area (Å²) < 4.78 is 2.09. The fraction of sp³-hybridized carbons (Fsp3) is 0. The van der Waals surface area contributed by atoms with Crippen molar-refractivity contribution >= 4 is 21.9 Å². The van der Waals surface area contributed by atoms with Crippen LogP contribution in [0.1, 0.15) is 0 Å². The van der Waals surface area contributed by atoms with Crippen LogP contribution in [0, 0.1) is 5.41 Å². The van der Waals surface area contributed by atoms with E-state index in [4.69, 9.17) is 11.1 Å². The summed E-state index contributed by atoms with van der Waals surface area (Å²) in [6, 6.07) is 0. The second-order valence-electron chi connectivity index (χ2n) is 1.49. The average Bonchev–Trinajstić information content (AvgIpc) is 2.14. The van der Waals surface area contributed by atoms with E-state index in [9.17, 15) is 0 Å². The van der Waals surface area contributed by atoms with Crippen LogP contribution in [0.25, 0.3) is 0 Å². The van der Waals surface area contributed by atoms with Gasteiger partial charge in [0.2, 0.25) is 5.96 Å². The number of nitrogens with two attached hydrogens (primary N) is 1. The molecule has 4 nitrogen and oxygen atoms in total. The largest absolute Gasteiger partial charge is 0.368 e. The van der Waals surface area contributed by atoms with Gasteiger partial charge in [0.25, 0.3) is 0 Å². The summed E-state index contributed by atoms with van der Waals surface area (Å²) >= 11 is 3.16. The van der Waals surface area contributed by atoms with Crippen molar-refractivity contribution in [3.05, 3.63) is 16.9 Å². The number of nitrogen functional groups attached to an aromatic ring is 1. The number of hydrogen-bond acceptors (Lipinski definition) is 2. The Morgan fingerprint density at radius 2 is 2.56 bits per heavy atom. The smallest absolute Gasteiger partial charge is 0.213 e. The van der Waals surface area contributed by atoms with Crippen LogP contribution >= 0.6 is 15.9 Å². The summed E-state index contributed by atoms with van der Waals surface area (Å²) in [4.78, 5) is 0. The van der Waals surface area contributed by atoms with Gasteiger partial charge in [0.1, 0.15) is 0 Å². The minimum Gasteiger partial charge on any atom is -0.368 e. The van der Waals surface area contributed by atoms with Crippen molar-refractivity contribution in [3.63, 3.8) is 0 Å². The first-order chi connectivity index (χ1) is 4.20. The first-order valence-electron chi connectivity index (χ1n) is 2.25. The topological polar surface area (TPSA) is 67.7 Å². The van der Waals surface area contributed by atoms with E-state index in [-0.39, 0.29) is 5.96 Å². The second kappa shape index (κ2) is 2.18. The predicted molar refractivity (Wildman–Crippen MR) is 37.2 cm³/mol. The summed E-state index contributed by atoms with van der Waals surface area (Å²) in [5.41, 5.74) is 5.09. The van der Waals surface area contributed by atoms with Crippen molar-refractivity contribution in [1.82, 2.24) is 9.78 Å². The summed E-state index contributed by atoms with van der Waals surface area (Å²) in [5, 5.41) is 10.6. The molecule has 0 aliphatic carbocycles. The molecule has 0 aliphatic rings. The molecule has 0 bridgehead atoms. The number of rotatable bonds is 0. The highest BCUT2D eigenvalue weighted by Gasteiger charge is 1.94. The number of aromatic nitrogens is 2. The van der Waals surface area contributed by atoms with Crippen LogP contribution in [-0.4, -0.2) is 15.7 Å². The predicted octanol–water partition coefficient (Wildman–Crippen LogP) is 0.387. The molecule has 0 aliphatic heterocycles. The van der Waals surface area contributed by atoms with E-state index in [1.807, 2.05) is 0 Å². The van der Waals surface area contributed by atoms with Crippen LogP contribution in [0.3, 0.4) is 0 Å². The molecule has 3 N–H and O–H groups in total. The van der Waals surface area contributed by atoms with Gasteiger partial charge in [-0.3, -0.25) is 5.41 Å². The van der Waals surface area contributed by atoms with Crippen molar-refractivity contribution in [2.24, 2.45) is 5.73 Å². The summed E-state index contributed by atoms with van der Waals surface area (Å²) in [6.07, 6.45) is 3.18. The van der Waals surface area contributed by atoms with E-state index in [0.717, 1.165) is 4.47 Å². The van der Waals surface area contributed by atoms with Crippen molar-refractivity contribution in [1.29, 1.82) is 5.41 Å². The number of hydrogen-bond donors (Lipinski definition) is 2. The van der Waals surface area contributed by atoms with Gasteiger partial charge in [0.05, 0.1) is 10.7 Å². The van der Waals surface area contributed by atoms with Gasteiger partial charge in [-0.1, -0.05) is 0 Å². The van der Waals surface area contributed by atoms with Crippen LogP contribution in [0.2, 0.25) is 0 Å². The third kappa shape index (κ3) is 1.29. The Bertz CT molecular complexity index is 228. The minimum absolute atomic E-state index is 0.0827. The van der Waals surface area contributed by atoms with Gasteiger partial charge < -0.3 is 5.73 Å². The zero-order valence-corrected chi connectivity index (χ0v) is 6.09. The Kier molecular flexibility index (Phi) is 1.52. The zero-order chi connectivity index (χ0) is 6.85. The molecule has 0 fully saturated rings. The van der Waals surface area contributed by atoms with Gasteiger partial charge in [0.15, 0.2) is 0 Å². The Morgan fingerprint density at radius 3 is 2.78 bits per heavy atom. The maximum absolute atomic E-state index is 6.91. The number of nitrogens with one attached hydrogen (secondary N) is 1. The molecule has 9 heavy (non-hydrogen) atoms. The van der Waals surface area contributed by atoms with E-state index >= 15 is 0 Å². The van der Waals surface area contributed by atoms with E-state index < -0.39 is 0 Å². The lowest BCUT2D eigenvalue weighted by atomic mass is 10.7. The van der Waals surface area contributed by atoms with Gasteiger partial charge in [-0.05, 0) is 15.9 Å². The Labute approximate surface area is 60.3 Å². The van der Waals surface area contributed by atoms with Gasteiger partial charge in [0, 0.05) is 6.20 Å². The molecule has 0 amide bonds. The molecular formula is C4H5BrN4. The fourth-order valence-electron chi connectivity index (χ4n) is 0.433. The lowest BCUT2D eigenvalue weighted by Crippen LogP contribution is -2.20. The molecule has 0 unspecified atom stereocenters. The van der Waals surface area contributed by atoms with E-state index in [2.05, 4.69) is 21.0 Å². The van der Waals surface area contributed by atoms with E-state index in [1.165, 1.54) is 4.68 Å². The third-order valence-electron chi connectivity index (χ3n) is 0.798. The maximum atomic E-state index is 6.91. The highest BCUT2D eigenvalue weighted by Crippen LogP contribution is 2.04. The molecule has 1 rings (SSSR count). The lowest BCUT2D eigenvalue weighted by molar-refractivity contribution is 0.911. The van der Waals surface area contributed by atoms with Gasteiger partial charge in [-0.15, -0.1) is 0 Å². The van der Waals surface area contributed by atoms with Gasteiger partial charge in [-0.2, -0.15) is 5.10 Å². The number of nitrogens with zero attached hydrogens (tertiary/aromatic N) is 2. The SMILES string of the molecule is N=C(N)n1cc(Br)cn1. The molecule has 0 radical (unpaired) electrons. The summed E-state index contributed by atoms with van der Waals surface area (Å²) in [6.45, 7) is 0. The van der Waals surface area contributed by atoms with Crippen molar-refractivity contribution in [2.75, 3.05) is 0 Å². The lowest BCUT2D eigenvalue weighted by Gasteiger charge is -1.91. The molecule has 0 atom stereocenters. The van der Waals surface area contributed by atoms with E-state index in [1.54, 1.807) is 12.4 Å². The Balaban J connectivity index is 2.98. The Morgan fingerprint density at radius 1 is 1.89 bits per heavy atom. The van der Waals surface area contributed by atoms with Crippen LogP contribution < -0.4 is 5.73 Å². The molecule has 48 valence electrons. The summed E-state index contributed by atoms with van der Waals surface area (Å²) in [7, 11) is 0. The third-order valence-corrected chi connectivity index (χ3v) is 1.21. The minimum atomic E-state index is -0.0827. The van der Waals surface area contributed by atoms with E-state index in [0.29, 0.717) is 0 Å². The normalized spacial score (nSPS) is 9.44. The number of halogens is 1. The quantitative estimate of drug-likeness (QED) is 0.457. The molecule has 5 heteroatoms. The molecule has 1 heterocycles. The van der Waals surface area contributed by atoms with Crippen molar-refractivity contribution in [3.8, 4) is 0 Å². The molecular weight excluding hydrogens is 184 g/mol. The first-order valence-corrected chi connectivity index (χ1v) is 3.04. The average molecular weight is 189 g/mol. The molecule has 1 aromatic rings. The molecule has 1 aromatic heterocycles. The maximum Gasteiger partial charge on any atom is 0.213 e. The van der Waals surface area contributed by atoms with Gasteiger partial charge in [-0.25, -0.2) is 4.68 Å². The van der Waals surface area contributed by atoms with Crippen LogP contribution in [-0.2, 0) is 0 Å². The molecule has 0 saturated carbocycles. The highest BCUT2D eigenvalue weighted by atomic mass is 79.9. The standard InChI is InChI=1S/C4H5BrN4/c5-3-1-8-9(2-3)4(6)7/h1-2H,(H3,6,7). The molecule has 0 spiro atoms. The van der Waals surface area contributed by atoms with Crippen LogP contribution in [0.15, 0.2) is 16.9 Å².